The van der Waals surface area contributed by atoms with Gasteiger partial charge in [-0.05, 0) is 118 Å². The standard InChI is InChI=1S/C31H46O7/c1-17(32)19-9-14-31(26(36)37)16-15-28(4)20(24(19)31)7-8-21-27(3)12-11-23(38-18(2)33)30(6,25(34)35)22(27)10-13-29(21,28)5/h19-24H,7-16H2,1-6H3,(H,34,35)(H,36,37). The first kappa shape index (κ1) is 27.6. The van der Waals surface area contributed by atoms with Crippen LogP contribution in [0.1, 0.15) is 106 Å². The predicted octanol–water partition coefficient (Wildman–Crippen LogP) is 5.74. The molecule has 38 heavy (non-hydrogen) atoms. The van der Waals surface area contributed by atoms with E-state index in [0.717, 1.165) is 38.5 Å². The van der Waals surface area contributed by atoms with Crippen molar-refractivity contribution in [1.29, 1.82) is 0 Å². The zero-order valence-electron chi connectivity index (χ0n) is 24.0. The van der Waals surface area contributed by atoms with Gasteiger partial charge in [0.15, 0.2) is 0 Å². The van der Waals surface area contributed by atoms with Crippen molar-refractivity contribution >= 4 is 23.7 Å². The molecule has 0 aliphatic heterocycles. The normalized spacial score (nSPS) is 51.5. The van der Waals surface area contributed by atoms with Crippen LogP contribution < -0.4 is 0 Å². The van der Waals surface area contributed by atoms with Gasteiger partial charge in [0, 0.05) is 12.8 Å². The molecule has 5 fully saturated rings. The second-order valence-corrected chi connectivity index (χ2v) is 14.6. The molecule has 5 aliphatic rings. The zero-order valence-corrected chi connectivity index (χ0v) is 24.0. The maximum absolute atomic E-state index is 12.8. The smallest absolute Gasteiger partial charge is 0.313 e. The highest BCUT2D eigenvalue weighted by molar-refractivity contribution is 5.83. The summed E-state index contributed by atoms with van der Waals surface area (Å²) >= 11 is 0. The fourth-order valence-electron chi connectivity index (χ4n) is 11.8. The van der Waals surface area contributed by atoms with Crippen LogP contribution in [-0.4, -0.2) is 40.0 Å². The molecule has 0 heterocycles. The number of ketones is 1. The van der Waals surface area contributed by atoms with Gasteiger partial charge in [-0.15, -0.1) is 0 Å². The number of carbonyl (C=O) groups is 4. The third-order valence-corrected chi connectivity index (χ3v) is 13.8. The topological polar surface area (TPSA) is 118 Å². The van der Waals surface area contributed by atoms with Crippen molar-refractivity contribution in [2.24, 2.45) is 56.7 Å². The fraction of sp³-hybridized carbons (Fsp3) is 0.871. The number of Topliss-reactive ketones (excluding diaryl/α,β-unsaturated/α-hetero) is 1. The van der Waals surface area contributed by atoms with Gasteiger partial charge >= 0.3 is 17.9 Å². The summed E-state index contributed by atoms with van der Waals surface area (Å²) in [5, 5.41) is 21.0. The highest BCUT2D eigenvalue weighted by Crippen LogP contribution is 2.77. The first-order chi connectivity index (χ1) is 17.6. The minimum Gasteiger partial charge on any atom is -0.481 e. The van der Waals surface area contributed by atoms with E-state index >= 15 is 0 Å². The minimum atomic E-state index is -1.14. The Morgan fingerprint density at radius 2 is 1.39 bits per heavy atom. The van der Waals surface area contributed by atoms with Crippen LogP contribution in [0.3, 0.4) is 0 Å². The van der Waals surface area contributed by atoms with E-state index in [4.69, 9.17) is 4.74 Å². The lowest BCUT2D eigenvalue weighted by molar-refractivity contribution is -0.253. The number of hydrogen-bond donors (Lipinski definition) is 2. The Bertz CT molecular complexity index is 1070. The van der Waals surface area contributed by atoms with E-state index in [9.17, 15) is 29.4 Å². The molecule has 2 N–H and O–H groups in total. The molecule has 0 radical (unpaired) electrons. The van der Waals surface area contributed by atoms with Crippen molar-refractivity contribution < 1.29 is 34.1 Å². The van der Waals surface area contributed by atoms with Gasteiger partial charge in [-0.25, -0.2) is 0 Å². The molecule has 212 valence electrons. The molecule has 0 spiro atoms. The number of fused-ring (bicyclic) bond motifs is 7. The molecule has 11 atom stereocenters. The van der Waals surface area contributed by atoms with Crippen molar-refractivity contribution in [3.05, 3.63) is 0 Å². The minimum absolute atomic E-state index is 0.0799. The Morgan fingerprint density at radius 3 is 1.97 bits per heavy atom. The van der Waals surface area contributed by atoms with Gasteiger partial charge in [0.1, 0.15) is 17.3 Å². The molecule has 0 aromatic carbocycles. The van der Waals surface area contributed by atoms with Crippen molar-refractivity contribution in [1.82, 2.24) is 0 Å². The number of esters is 1. The monoisotopic (exact) mass is 530 g/mol. The number of ether oxygens (including phenoxy) is 1. The predicted molar refractivity (Wildman–Crippen MR) is 140 cm³/mol. The van der Waals surface area contributed by atoms with Crippen LogP contribution in [0.2, 0.25) is 0 Å². The quantitative estimate of drug-likeness (QED) is 0.445. The van der Waals surface area contributed by atoms with Gasteiger partial charge in [0.25, 0.3) is 0 Å². The highest BCUT2D eigenvalue weighted by atomic mass is 16.5. The summed E-state index contributed by atoms with van der Waals surface area (Å²) < 4.78 is 5.64. The Labute approximate surface area is 226 Å². The van der Waals surface area contributed by atoms with E-state index in [2.05, 4.69) is 20.8 Å². The van der Waals surface area contributed by atoms with Crippen LogP contribution in [-0.2, 0) is 23.9 Å². The molecule has 0 aromatic heterocycles. The van der Waals surface area contributed by atoms with Crippen molar-refractivity contribution in [3.8, 4) is 0 Å². The van der Waals surface area contributed by atoms with E-state index in [1.165, 1.54) is 6.92 Å². The molecule has 5 aliphatic carbocycles. The zero-order chi connectivity index (χ0) is 28.1. The molecule has 5 saturated carbocycles. The summed E-state index contributed by atoms with van der Waals surface area (Å²) in [5.74, 6) is -1.86. The Morgan fingerprint density at radius 1 is 0.711 bits per heavy atom. The molecule has 7 heteroatoms. The fourth-order valence-corrected chi connectivity index (χ4v) is 11.8. The van der Waals surface area contributed by atoms with Crippen LogP contribution in [0.5, 0.6) is 0 Å². The highest BCUT2D eigenvalue weighted by Gasteiger charge is 2.73. The van der Waals surface area contributed by atoms with Gasteiger partial charge in [0.05, 0.1) is 5.41 Å². The van der Waals surface area contributed by atoms with Crippen LogP contribution in [0.4, 0.5) is 0 Å². The number of carboxylic acid groups (broad SMARTS) is 2. The maximum atomic E-state index is 12.8. The molecule has 7 nitrogen and oxygen atoms in total. The third-order valence-electron chi connectivity index (χ3n) is 13.8. The van der Waals surface area contributed by atoms with E-state index < -0.39 is 34.8 Å². The summed E-state index contributed by atoms with van der Waals surface area (Å²) in [6.45, 7) is 11.8. The number of carboxylic acids is 2. The van der Waals surface area contributed by atoms with Crippen molar-refractivity contribution in [2.45, 2.75) is 112 Å². The molecule has 0 amide bonds. The van der Waals surface area contributed by atoms with Crippen LogP contribution >= 0.6 is 0 Å². The molecular formula is C31H46O7. The Hall–Kier alpha value is -1.92. The number of aliphatic carboxylic acids is 2. The first-order valence-corrected chi connectivity index (χ1v) is 14.7. The van der Waals surface area contributed by atoms with Gasteiger partial charge in [-0.2, -0.15) is 0 Å². The lowest BCUT2D eigenvalue weighted by Gasteiger charge is -2.72. The molecule has 0 bridgehead atoms. The van der Waals surface area contributed by atoms with Crippen LogP contribution in [0, 0.1) is 56.7 Å². The van der Waals surface area contributed by atoms with Gasteiger partial charge in [0.2, 0.25) is 0 Å². The second kappa shape index (κ2) is 8.54. The van der Waals surface area contributed by atoms with E-state index in [1.54, 1.807) is 13.8 Å². The SMILES string of the molecule is CC(=O)OC1CCC2(C)C(CCC3(C)C2CCC2C4C(C(C)=O)CCC4(C(=O)O)CCC23C)C1(C)C(=O)O. The number of rotatable bonds is 4. The van der Waals surface area contributed by atoms with Crippen molar-refractivity contribution in [2.75, 3.05) is 0 Å². The number of hydrogen-bond acceptors (Lipinski definition) is 5. The summed E-state index contributed by atoms with van der Waals surface area (Å²) in [7, 11) is 0. The maximum Gasteiger partial charge on any atom is 0.313 e. The summed E-state index contributed by atoms with van der Waals surface area (Å²) in [6.07, 6.45) is 6.89. The van der Waals surface area contributed by atoms with E-state index in [-0.39, 0.29) is 45.7 Å². The van der Waals surface area contributed by atoms with Gasteiger partial charge < -0.3 is 14.9 Å². The largest absolute Gasteiger partial charge is 0.481 e. The molecule has 0 saturated heterocycles. The first-order valence-electron chi connectivity index (χ1n) is 14.7. The molecule has 11 unspecified atom stereocenters. The molecule has 5 rings (SSSR count). The van der Waals surface area contributed by atoms with Crippen molar-refractivity contribution in [3.63, 3.8) is 0 Å². The second-order valence-electron chi connectivity index (χ2n) is 14.6. The average Bonchev–Trinajstić information content (AvgIpc) is 3.22. The van der Waals surface area contributed by atoms with E-state index in [0.29, 0.717) is 31.6 Å². The Balaban J connectivity index is 1.55. The van der Waals surface area contributed by atoms with Gasteiger partial charge in [-0.3, -0.25) is 19.2 Å². The third kappa shape index (κ3) is 3.25. The van der Waals surface area contributed by atoms with E-state index in [1.807, 2.05) is 0 Å². The molecular weight excluding hydrogens is 484 g/mol. The number of carbonyl (C=O) groups excluding carboxylic acids is 2. The average molecular weight is 531 g/mol. The Kier molecular flexibility index (Phi) is 6.21. The lowest BCUT2D eigenvalue weighted by Crippen LogP contribution is -2.68. The van der Waals surface area contributed by atoms with Gasteiger partial charge in [-0.1, -0.05) is 20.8 Å². The summed E-state index contributed by atoms with van der Waals surface area (Å²) in [6, 6.07) is 0. The van der Waals surface area contributed by atoms with Crippen LogP contribution in [0.25, 0.3) is 0 Å². The lowest BCUT2D eigenvalue weighted by atomic mass is 9.32. The molecule has 0 aromatic rings. The summed E-state index contributed by atoms with van der Waals surface area (Å²) in [4.78, 5) is 50.3. The van der Waals surface area contributed by atoms with Crippen LogP contribution in [0.15, 0.2) is 0 Å². The summed E-state index contributed by atoms with van der Waals surface area (Å²) in [5.41, 5.74) is -2.36.